The smallest absolute Gasteiger partial charge is 0.122 e. The lowest BCUT2D eigenvalue weighted by Gasteiger charge is -2.28. The van der Waals surface area contributed by atoms with Gasteiger partial charge in [-0.2, -0.15) is 0 Å². The summed E-state index contributed by atoms with van der Waals surface area (Å²) < 4.78 is 5.52. The number of aliphatic hydroxyl groups is 1. The van der Waals surface area contributed by atoms with Crippen molar-refractivity contribution in [2.45, 2.75) is 44.6 Å². The molecule has 3 heteroatoms. The molecule has 1 saturated carbocycles. The van der Waals surface area contributed by atoms with Crippen LogP contribution < -0.4 is 10.1 Å². The van der Waals surface area contributed by atoms with Gasteiger partial charge in [0, 0.05) is 6.54 Å². The highest BCUT2D eigenvalue weighted by atomic mass is 16.5. The zero-order valence-corrected chi connectivity index (χ0v) is 12.9. The van der Waals surface area contributed by atoms with Crippen LogP contribution in [-0.4, -0.2) is 25.8 Å². The van der Waals surface area contributed by atoms with Crippen molar-refractivity contribution in [3.05, 3.63) is 29.3 Å². The van der Waals surface area contributed by atoms with Crippen molar-refractivity contribution in [2.24, 2.45) is 5.92 Å². The molecule has 0 saturated heterocycles. The second kappa shape index (κ2) is 7.09. The Kier molecular flexibility index (Phi) is 5.44. The SMILES string of the molecule is CNCC(O)c1ccc(OC)c(C2CCC(C)CC2)c1. The van der Waals surface area contributed by atoms with E-state index in [2.05, 4.69) is 18.3 Å². The predicted octanol–water partition coefficient (Wildman–Crippen LogP) is 3.24. The Hall–Kier alpha value is -1.06. The Morgan fingerprint density at radius 2 is 2.00 bits per heavy atom. The molecule has 3 nitrogen and oxygen atoms in total. The third kappa shape index (κ3) is 3.53. The van der Waals surface area contributed by atoms with E-state index < -0.39 is 6.10 Å². The number of methoxy groups -OCH3 is 1. The Labute approximate surface area is 122 Å². The summed E-state index contributed by atoms with van der Waals surface area (Å²) in [5.41, 5.74) is 2.25. The lowest BCUT2D eigenvalue weighted by molar-refractivity contribution is 0.177. The molecule has 1 fully saturated rings. The summed E-state index contributed by atoms with van der Waals surface area (Å²) in [6.07, 6.45) is 4.58. The van der Waals surface area contributed by atoms with Crippen LogP contribution >= 0.6 is 0 Å². The van der Waals surface area contributed by atoms with Crippen molar-refractivity contribution in [1.29, 1.82) is 0 Å². The number of nitrogens with one attached hydrogen (secondary N) is 1. The van der Waals surface area contributed by atoms with E-state index in [9.17, 15) is 5.11 Å². The first kappa shape index (κ1) is 15.3. The van der Waals surface area contributed by atoms with Gasteiger partial charge in [-0.15, -0.1) is 0 Å². The van der Waals surface area contributed by atoms with Crippen molar-refractivity contribution >= 4 is 0 Å². The minimum atomic E-state index is -0.452. The first-order valence-electron chi connectivity index (χ1n) is 7.66. The van der Waals surface area contributed by atoms with Crippen LogP contribution in [0.5, 0.6) is 5.75 Å². The third-order valence-electron chi connectivity index (χ3n) is 4.49. The molecule has 1 aliphatic rings. The maximum absolute atomic E-state index is 10.1. The molecule has 0 aliphatic heterocycles. The number of rotatable bonds is 5. The van der Waals surface area contributed by atoms with Crippen LogP contribution in [0.4, 0.5) is 0 Å². The van der Waals surface area contributed by atoms with Crippen LogP contribution in [0.15, 0.2) is 18.2 Å². The van der Waals surface area contributed by atoms with Crippen molar-refractivity contribution < 1.29 is 9.84 Å². The van der Waals surface area contributed by atoms with Gasteiger partial charge in [-0.05, 0) is 55.0 Å². The number of ether oxygens (including phenoxy) is 1. The number of hydrogen-bond acceptors (Lipinski definition) is 3. The molecule has 112 valence electrons. The third-order valence-corrected chi connectivity index (χ3v) is 4.49. The van der Waals surface area contributed by atoms with Gasteiger partial charge in [0.25, 0.3) is 0 Å². The molecule has 0 bridgehead atoms. The minimum Gasteiger partial charge on any atom is -0.496 e. The van der Waals surface area contributed by atoms with Crippen molar-refractivity contribution in [1.82, 2.24) is 5.32 Å². The molecule has 1 aromatic rings. The van der Waals surface area contributed by atoms with Crippen molar-refractivity contribution in [3.8, 4) is 5.75 Å². The zero-order chi connectivity index (χ0) is 14.5. The highest BCUT2D eigenvalue weighted by molar-refractivity contribution is 5.40. The van der Waals surface area contributed by atoms with E-state index in [1.54, 1.807) is 7.11 Å². The summed E-state index contributed by atoms with van der Waals surface area (Å²) in [6.45, 7) is 2.91. The van der Waals surface area contributed by atoms with Crippen molar-refractivity contribution in [2.75, 3.05) is 20.7 Å². The van der Waals surface area contributed by atoms with Gasteiger partial charge in [0.15, 0.2) is 0 Å². The maximum Gasteiger partial charge on any atom is 0.122 e. The molecule has 2 rings (SSSR count). The molecular formula is C17H27NO2. The topological polar surface area (TPSA) is 41.5 Å². The fourth-order valence-corrected chi connectivity index (χ4v) is 3.16. The quantitative estimate of drug-likeness (QED) is 0.868. The fraction of sp³-hybridized carbons (Fsp3) is 0.647. The van der Waals surface area contributed by atoms with Gasteiger partial charge in [0.05, 0.1) is 13.2 Å². The second-order valence-electron chi connectivity index (χ2n) is 6.03. The highest BCUT2D eigenvalue weighted by Crippen LogP contribution is 2.40. The molecule has 1 aliphatic carbocycles. The summed E-state index contributed by atoms with van der Waals surface area (Å²) in [6, 6.07) is 6.11. The molecule has 0 spiro atoms. The van der Waals surface area contributed by atoms with E-state index in [0.717, 1.165) is 17.2 Å². The van der Waals surface area contributed by atoms with Crippen LogP contribution in [0.25, 0.3) is 0 Å². The Morgan fingerprint density at radius 3 is 2.60 bits per heavy atom. The predicted molar refractivity (Wildman–Crippen MR) is 82.3 cm³/mol. The van der Waals surface area contributed by atoms with E-state index in [1.807, 2.05) is 19.2 Å². The number of aliphatic hydroxyl groups excluding tert-OH is 1. The summed E-state index contributed by atoms with van der Waals surface area (Å²) >= 11 is 0. The molecule has 0 aromatic heterocycles. The van der Waals surface area contributed by atoms with Gasteiger partial charge in [0.2, 0.25) is 0 Å². The Bertz CT molecular complexity index is 425. The molecule has 0 radical (unpaired) electrons. The summed E-state index contributed by atoms with van der Waals surface area (Å²) in [7, 11) is 3.59. The highest BCUT2D eigenvalue weighted by Gasteiger charge is 2.23. The van der Waals surface area contributed by atoms with Gasteiger partial charge in [-0.25, -0.2) is 0 Å². The van der Waals surface area contributed by atoms with Gasteiger partial charge in [0.1, 0.15) is 5.75 Å². The Balaban J connectivity index is 2.22. The van der Waals surface area contributed by atoms with Gasteiger partial charge >= 0.3 is 0 Å². The number of benzene rings is 1. The standard InChI is InChI=1S/C17H27NO2/c1-12-4-6-13(7-5-12)15-10-14(16(19)11-18-2)8-9-17(15)20-3/h8-10,12-13,16,18-19H,4-7,11H2,1-3H3. The molecular weight excluding hydrogens is 250 g/mol. The lowest BCUT2D eigenvalue weighted by atomic mass is 9.78. The van der Waals surface area contributed by atoms with Crippen LogP contribution in [0.1, 0.15) is 55.8 Å². The van der Waals surface area contributed by atoms with Gasteiger partial charge in [-0.3, -0.25) is 0 Å². The molecule has 2 N–H and O–H groups in total. The van der Waals surface area contributed by atoms with E-state index in [0.29, 0.717) is 12.5 Å². The molecule has 1 atom stereocenters. The van der Waals surface area contributed by atoms with Gasteiger partial charge < -0.3 is 15.2 Å². The van der Waals surface area contributed by atoms with Crippen LogP contribution in [0, 0.1) is 5.92 Å². The largest absolute Gasteiger partial charge is 0.496 e. The minimum absolute atomic E-state index is 0.452. The average molecular weight is 277 g/mol. The molecule has 0 heterocycles. The summed E-state index contributed by atoms with van der Waals surface area (Å²) in [4.78, 5) is 0. The first-order valence-corrected chi connectivity index (χ1v) is 7.66. The lowest BCUT2D eigenvalue weighted by Crippen LogP contribution is -2.17. The maximum atomic E-state index is 10.1. The normalized spacial score (nSPS) is 24.4. The average Bonchev–Trinajstić information content (AvgIpc) is 2.47. The number of hydrogen-bond donors (Lipinski definition) is 2. The summed E-state index contributed by atoms with van der Waals surface area (Å²) in [5, 5.41) is 13.2. The molecule has 1 unspecified atom stereocenters. The summed E-state index contributed by atoms with van der Waals surface area (Å²) in [5.74, 6) is 2.38. The van der Waals surface area contributed by atoms with Crippen LogP contribution in [0.2, 0.25) is 0 Å². The molecule has 0 amide bonds. The van der Waals surface area contributed by atoms with Crippen LogP contribution in [0.3, 0.4) is 0 Å². The van der Waals surface area contributed by atoms with E-state index in [-0.39, 0.29) is 0 Å². The monoisotopic (exact) mass is 277 g/mol. The fourth-order valence-electron chi connectivity index (χ4n) is 3.16. The van der Waals surface area contributed by atoms with E-state index in [4.69, 9.17) is 4.74 Å². The molecule has 20 heavy (non-hydrogen) atoms. The van der Waals surface area contributed by atoms with E-state index in [1.165, 1.54) is 31.2 Å². The molecule has 1 aromatic carbocycles. The first-order chi connectivity index (χ1) is 9.65. The Morgan fingerprint density at radius 1 is 1.30 bits per heavy atom. The second-order valence-corrected chi connectivity index (χ2v) is 6.03. The zero-order valence-electron chi connectivity index (χ0n) is 12.9. The number of likely N-dealkylation sites (N-methyl/N-ethyl adjacent to an activating group) is 1. The van der Waals surface area contributed by atoms with Gasteiger partial charge in [-0.1, -0.05) is 25.8 Å². The van der Waals surface area contributed by atoms with E-state index >= 15 is 0 Å². The van der Waals surface area contributed by atoms with Crippen LogP contribution in [-0.2, 0) is 0 Å². The van der Waals surface area contributed by atoms with Crippen molar-refractivity contribution in [3.63, 3.8) is 0 Å².